The van der Waals surface area contributed by atoms with Gasteiger partial charge in [0, 0.05) is 12.7 Å². The summed E-state index contributed by atoms with van der Waals surface area (Å²) in [4.78, 5) is 17.2. The summed E-state index contributed by atoms with van der Waals surface area (Å²) in [5.41, 5.74) is 1.63. The zero-order valence-electron chi connectivity index (χ0n) is 13.4. The Morgan fingerprint density at radius 3 is 2.72 bits per heavy atom. The molecular formula is C19H17N3O3. The number of carbonyl (C=O) groups excluding carboxylic acids is 1. The van der Waals surface area contributed by atoms with Crippen LogP contribution in [0.3, 0.4) is 0 Å². The van der Waals surface area contributed by atoms with Gasteiger partial charge in [-0.1, -0.05) is 30.3 Å². The van der Waals surface area contributed by atoms with E-state index in [4.69, 9.17) is 9.68 Å². The number of nitriles is 1. The maximum atomic E-state index is 12.8. The summed E-state index contributed by atoms with van der Waals surface area (Å²) in [5.74, 6) is 0.103. The molecule has 3 aromatic rings. The van der Waals surface area contributed by atoms with Gasteiger partial charge < -0.3 is 19.4 Å². The van der Waals surface area contributed by atoms with Gasteiger partial charge in [0.2, 0.25) is 0 Å². The molecule has 0 bridgehead atoms. The van der Waals surface area contributed by atoms with Gasteiger partial charge in [0.15, 0.2) is 0 Å². The molecule has 1 atom stereocenters. The van der Waals surface area contributed by atoms with E-state index in [9.17, 15) is 9.90 Å². The van der Waals surface area contributed by atoms with Gasteiger partial charge in [-0.25, -0.2) is 0 Å². The molecule has 6 nitrogen and oxygen atoms in total. The molecular weight excluding hydrogens is 318 g/mol. The fraction of sp³-hybridized carbons (Fsp3) is 0.158. The van der Waals surface area contributed by atoms with Crippen LogP contribution in [0.4, 0.5) is 0 Å². The fourth-order valence-corrected chi connectivity index (χ4v) is 2.56. The highest BCUT2D eigenvalue weighted by atomic mass is 16.4. The number of nitrogens with zero attached hydrogens (tertiary/aromatic N) is 2. The van der Waals surface area contributed by atoms with Crippen molar-refractivity contribution in [2.45, 2.75) is 12.6 Å². The van der Waals surface area contributed by atoms with E-state index in [2.05, 4.69) is 4.98 Å². The van der Waals surface area contributed by atoms with Gasteiger partial charge in [0.1, 0.15) is 23.6 Å². The predicted molar refractivity (Wildman–Crippen MR) is 90.4 cm³/mol. The third kappa shape index (κ3) is 3.97. The molecule has 2 N–H and O–H groups in total. The number of carbonyl (C=O) groups is 1. The summed E-state index contributed by atoms with van der Waals surface area (Å²) < 4.78 is 5.21. The van der Waals surface area contributed by atoms with E-state index in [-0.39, 0.29) is 12.5 Å². The van der Waals surface area contributed by atoms with Crippen LogP contribution in [0.1, 0.15) is 33.5 Å². The van der Waals surface area contributed by atoms with Crippen molar-refractivity contribution >= 4 is 5.91 Å². The van der Waals surface area contributed by atoms with E-state index in [1.807, 2.05) is 36.4 Å². The van der Waals surface area contributed by atoms with Crippen LogP contribution in [0.25, 0.3) is 0 Å². The smallest absolute Gasteiger partial charge is 0.270 e. The van der Waals surface area contributed by atoms with Gasteiger partial charge in [-0.3, -0.25) is 4.79 Å². The second-order valence-electron chi connectivity index (χ2n) is 5.62. The van der Waals surface area contributed by atoms with Crippen molar-refractivity contribution in [3.05, 3.63) is 83.6 Å². The van der Waals surface area contributed by atoms with Crippen LogP contribution in [0.15, 0.2) is 65.4 Å². The lowest BCUT2D eigenvalue weighted by Crippen LogP contribution is -2.34. The minimum Gasteiger partial charge on any atom is -0.467 e. The Morgan fingerprint density at radius 2 is 2.08 bits per heavy atom. The summed E-state index contributed by atoms with van der Waals surface area (Å²) >= 11 is 0. The molecule has 1 aromatic carbocycles. The normalized spacial score (nSPS) is 11.7. The monoisotopic (exact) mass is 335 g/mol. The Morgan fingerprint density at radius 1 is 1.28 bits per heavy atom. The zero-order chi connectivity index (χ0) is 17.6. The fourth-order valence-electron chi connectivity index (χ4n) is 2.56. The summed E-state index contributed by atoms with van der Waals surface area (Å²) in [6.45, 7) is 0.403. The standard InChI is InChI=1S/C19H17N3O3/c20-10-15-9-16(21-11-15)19(24)22(12-14-5-2-1-3-6-14)13-17(23)18-7-4-8-25-18/h1-9,11,17,21,23H,12-13H2. The number of aromatic nitrogens is 1. The first-order valence-corrected chi connectivity index (χ1v) is 7.80. The molecule has 0 saturated heterocycles. The molecule has 0 aliphatic heterocycles. The number of hydrogen-bond donors (Lipinski definition) is 2. The zero-order valence-corrected chi connectivity index (χ0v) is 13.4. The molecule has 2 aromatic heterocycles. The summed E-state index contributed by atoms with van der Waals surface area (Å²) in [5, 5.41) is 19.3. The largest absolute Gasteiger partial charge is 0.467 e. The van der Waals surface area contributed by atoms with Crippen LogP contribution in [0.5, 0.6) is 0 Å². The lowest BCUT2D eigenvalue weighted by molar-refractivity contribution is 0.0558. The van der Waals surface area contributed by atoms with Gasteiger partial charge in [0.05, 0.1) is 18.4 Å². The maximum absolute atomic E-state index is 12.8. The van der Waals surface area contributed by atoms with Crippen molar-refractivity contribution in [2.75, 3.05) is 6.54 Å². The second kappa shape index (κ2) is 7.51. The van der Waals surface area contributed by atoms with E-state index in [0.29, 0.717) is 23.6 Å². The number of hydrogen-bond acceptors (Lipinski definition) is 4. The lowest BCUT2D eigenvalue weighted by Gasteiger charge is -2.24. The molecule has 1 amide bonds. The third-order valence-electron chi connectivity index (χ3n) is 3.81. The van der Waals surface area contributed by atoms with Gasteiger partial charge in [-0.2, -0.15) is 5.26 Å². The molecule has 2 heterocycles. The molecule has 25 heavy (non-hydrogen) atoms. The number of benzene rings is 1. The van der Waals surface area contributed by atoms with Crippen LogP contribution in [0.2, 0.25) is 0 Å². The summed E-state index contributed by atoms with van der Waals surface area (Å²) in [6, 6.07) is 16.3. The quantitative estimate of drug-likeness (QED) is 0.724. The van der Waals surface area contributed by atoms with Gasteiger partial charge in [0.25, 0.3) is 5.91 Å². The molecule has 126 valence electrons. The Bertz CT molecular complexity index is 863. The molecule has 0 aliphatic rings. The minimum atomic E-state index is -0.937. The topological polar surface area (TPSA) is 93.3 Å². The molecule has 0 fully saturated rings. The third-order valence-corrected chi connectivity index (χ3v) is 3.81. The molecule has 0 saturated carbocycles. The number of aliphatic hydroxyl groups is 1. The molecule has 1 unspecified atom stereocenters. The Kier molecular flexibility index (Phi) is 4.97. The van der Waals surface area contributed by atoms with Crippen molar-refractivity contribution in [3.8, 4) is 6.07 Å². The SMILES string of the molecule is N#Cc1c[nH]c(C(=O)N(Cc2ccccc2)CC(O)c2ccco2)c1. The van der Waals surface area contributed by atoms with Gasteiger partial charge in [-0.05, 0) is 23.8 Å². The number of nitrogens with one attached hydrogen (secondary N) is 1. The van der Waals surface area contributed by atoms with Gasteiger partial charge >= 0.3 is 0 Å². The van der Waals surface area contributed by atoms with E-state index in [1.165, 1.54) is 23.4 Å². The first-order chi connectivity index (χ1) is 12.2. The maximum Gasteiger partial charge on any atom is 0.270 e. The van der Waals surface area contributed by atoms with E-state index >= 15 is 0 Å². The number of aliphatic hydroxyl groups excluding tert-OH is 1. The number of H-pyrrole nitrogens is 1. The van der Waals surface area contributed by atoms with Crippen LogP contribution in [-0.4, -0.2) is 27.4 Å². The van der Waals surface area contributed by atoms with Crippen molar-refractivity contribution in [3.63, 3.8) is 0 Å². The average Bonchev–Trinajstić information content (AvgIpc) is 3.33. The average molecular weight is 335 g/mol. The van der Waals surface area contributed by atoms with Crippen molar-refractivity contribution < 1.29 is 14.3 Å². The summed E-state index contributed by atoms with van der Waals surface area (Å²) in [6.07, 6.45) is 2.02. The highest BCUT2D eigenvalue weighted by molar-refractivity contribution is 5.92. The van der Waals surface area contributed by atoms with Crippen LogP contribution in [-0.2, 0) is 6.54 Å². The molecule has 6 heteroatoms. The molecule has 0 aliphatic carbocycles. The van der Waals surface area contributed by atoms with E-state index < -0.39 is 6.10 Å². The second-order valence-corrected chi connectivity index (χ2v) is 5.62. The Hall–Kier alpha value is -3.30. The molecule has 3 rings (SSSR count). The van der Waals surface area contributed by atoms with Crippen LogP contribution < -0.4 is 0 Å². The summed E-state index contributed by atoms with van der Waals surface area (Å²) in [7, 11) is 0. The first kappa shape index (κ1) is 16.6. The van der Waals surface area contributed by atoms with Crippen molar-refractivity contribution in [2.24, 2.45) is 0 Å². The number of aromatic amines is 1. The van der Waals surface area contributed by atoms with E-state index in [0.717, 1.165) is 5.56 Å². The predicted octanol–water partition coefficient (Wildman–Crippen LogP) is 2.86. The molecule has 0 spiro atoms. The number of rotatable bonds is 6. The van der Waals surface area contributed by atoms with E-state index in [1.54, 1.807) is 12.1 Å². The van der Waals surface area contributed by atoms with Crippen molar-refractivity contribution in [1.82, 2.24) is 9.88 Å². The number of furan rings is 1. The molecule has 0 radical (unpaired) electrons. The number of amides is 1. The highest BCUT2D eigenvalue weighted by Gasteiger charge is 2.23. The lowest BCUT2D eigenvalue weighted by atomic mass is 10.1. The van der Waals surface area contributed by atoms with Crippen LogP contribution in [0, 0.1) is 11.3 Å². The van der Waals surface area contributed by atoms with Crippen molar-refractivity contribution in [1.29, 1.82) is 5.26 Å². The Balaban J connectivity index is 1.82. The van der Waals surface area contributed by atoms with Gasteiger partial charge in [-0.15, -0.1) is 0 Å². The Labute approximate surface area is 144 Å². The first-order valence-electron chi connectivity index (χ1n) is 7.80. The minimum absolute atomic E-state index is 0.0716. The van der Waals surface area contributed by atoms with Crippen LogP contribution >= 0.6 is 0 Å². The highest BCUT2D eigenvalue weighted by Crippen LogP contribution is 2.18.